The minimum absolute atomic E-state index is 0.125. The molecule has 9 nitrogen and oxygen atoms in total. The summed E-state index contributed by atoms with van der Waals surface area (Å²) >= 11 is 0. The normalized spacial score (nSPS) is 12.5. The lowest BCUT2D eigenvalue weighted by molar-refractivity contribution is -0.145. The van der Waals surface area contributed by atoms with Crippen LogP contribution in [0.3, 0.4) is 0 Å². The van der Waals surface area contributed by atoms with Gasteiger partial charge in [-0.05, 0) is 64.0 Å². The molecule has 0 aromatic rings. The monoisotopic (exact) mass is 839 g/mol. The van der Waals surface area contributed by atoms with Crippen LogP contribution in [-0.2, 0) is 28.5 Å². The van der Waals surface area contributed by atoms with Crippen LogP contribution in [-0.4, -0.2) is 93.1 Å². The molecule has 0 aromatic heterocycles. The number of carbonyl (C=O) groups is 3. The number of likely N-dealkylation sites (N-methyl/N-ethyl adjacent to an activating group) is 1. The van der Waals surface area contributed by atoms with Crippen molar-refractivity contribution < 1.29 is 33.3 Å². The molecular weight excluding hydrogens is 741 g/mol. The lowest BCUT2D eigenvalue weighted by Crippen LogP contribution is -2.39. The number of ether oxygens (including phenoxy) is 4. The molecule has 0 rings (SSSR count). The van der Waals surface area contributed by atoms with Crippen LogP contribution >= 0.6 is 0 Å². The van der Waals surface area contributed by atoms with Gasteiger partial charge in [-0.1, -0.05) is 176 Å². The van der Waals surface area contributed by atoms with Crippen molar-refractivity contribution in [2.24, 2.45) is 5.92 Å². The van der Waals surface area contributed by atoms with Gasteiger partial charge in [0.1, 0.15) is 19.3 Å². The Balaban J connectivity index is 4.85. The van der Waals surface area contributed by atoms with Gasteiger partial charge in [-0.25, -0.2) is 4.79 Å². The predicted octanol–water partition coefficient (Wildman–Crippen LogP) is 13.6. The molecule has 0 bridgehead atoms. The van der Waals surface area contributed by atoms with Crippen LogP contribution < -0.4 is 0 Å². The van der Waals surface area contributed by atoms with Gasteiger partial charge in [0.25, 0.3) is 0 Å². The molecule has 0 amide bonds. The number of unbranched alkanes of at least 4 members (excludes halogenated alkanes) is 19. The number of rotatable bonds is 45. The van der Waals surface area contributed by atoms with Gasteiger partial charge in [0.05, 0.1) is 6.61 Å². The Kier molecular flexibility index (Phi) is 42.8. The van der Waals surface area contributed by atoms with Crippen LogP contribution in [0.4, 0.5) is 4.79 Å². The molecule has 350 valence electrons. The van der Waals surface area contributed by atoms with E-state index >= 15 is 0 Å². The van der Waals surface area contributed by atoms with Crippen LogP contribution in [0.5, 0.6) is 0 Å². The maximum atomic E-state index is 12.9. The molecule has 0 aliphatic heterocycles. The largest absolute Gasteiger partial charge is 0.508 e. The van der Waals surface area contributed by atoms with E-state index in [9.17, 15) is 14.4 Å². The Morgan fingerprint density at radius 1 is 0.407 bits per heavy atom. The zero-order chi connectivity index (χ0) is 43.4. The summed E-state index contributed by atoms with van der Waals surface area (Å²) in [7, 11) is 0. The Bertz CT molecular complexity index is 931. The molecule has 0 radical (unpaired) electrons. The van der Waals surface area contributed by atoms with E-state index in [2.05, 4.69) is 51.3 Å². The van der Waals surface area contributed by atoms with Crippen LogP contribution in [0.25, 0.3) is 0 Å². The van der Waals surface area contributed by atoms with Crippen molar-refractivity contribution in [2.45, 2.75) is 240 Å². The molecule has 0 aliphatic carbocycles. The lowest BCUT2D eigenvalue weighted by atomic mass is 9.95. The van der Waals surface area contributed by atoms with Gasteiger partial charge in [-0.2, -0.15) is 0 Å². The highest BCUT2D eigenvalue weighted by Crippen LogP contribution is 2.21. The van der Waals surface area contributed by atoms with E-state index in [0.717, 1.165) is 84.0 Å². The van der Waals surface area contributed by atoms with E-state index in [4.69, 9.17) is 18.9 Å². The van der Waals surface area contributed by atoms with Crippen molar-refractivity contribution in [3.63, 3.8) is 0 Å². The topological polar surface area (TPSA) is 94.6 Å². The molecule has 0 fully saturated rings. The Morgan fingerprint density at radius 2 is 0.814 bits per heavy atom. The second-order valence-electron chi connectivity index (χ2n) is 17.2. The Labute approximate surface area is 365 Å². The van der Waals surface area contributed by atoms with E-state index in [1.54, 1.807) is 0 Å². The standard InChI is InChI=1S/C50H98N2O7/c1-7-13-17-21-23-24-25-27-31-37-48(53)56-43-41-52(40-39-51(11-5)12-6)42-44-57-50(55)59-47(35-30-20-16-10-4)36-32-38-49(54)58-45-46(33-28-19-15-9-3)34-29-26-22-18-14-8-2/h46-47H,7-45H2,1-6H3. The fourth-order valence-electron chi connectivity index (χ4n) is 7.73. The molecule has 0 saturated carbocycles. The van der Waals surface area contributed by atoms with Gasteiger partial charge < -0.3 is 23.8 Å². The number of esters is 2. The number of carbonyl (C=O) groups excluding carboxylic acids is 3. The summed E-state index contributed by atoms with van der Waals surface area (Å²) in [6, 6.07) is 0. The third kappa shape index (κ3) is 38.8. The molecule has 59 heavy (non-hydrogen) atoms. The number of hydrogen-bond acceptors (Lipinski definition) is 9. The van der Waals surface area contributed by atoms with Crippen molar-refractivity contribution in [3.8, 4) is 0 Å². The quantitative estimate of drug-likeness (QED) is 0.0337. The molecule has 0 saturated heterocycles. The second-order valence-corrected chi connectivity index (χ2v) is 17.2. The van der Waals surface area contributed by atoms with Crippen molar-refractivity contribution in [1.82, 2.24) is 9.80 Å². The van der Waals surface area contributed by atoms with Gasteiger partial charge >= 0.3 is 18.1 Å². The minimum Gasteiger partial charge on any atom is -0.465 e. The summed E-state index contributed by atoms with van der Waals surface area (Å²) in [6.07, 6.45) is 32.2. The van der Waals surface area contributed by atoms with Gasteiger partial charge in [0, 0.05) is 39.0 Å². The van der Waals surface area contributed by atoms with Crippen LogP contribution in [0, 0.1) is 5.92 Å². The summed E-state index contributed by atoms with van der Waals surface area (Å²) in [5.74, 6) is 0.182. The average molecular weight is 839 g/mol. The Hall–Kier alpha value is -1.87. The Morgan fingerprint density at radius 3 is 1.36 bits per heavy atom. The lowest BCUT2D eigenvalue weighted by Gasteiger charge is -2.26. The van der Waals surface area contributed by atoms with E-state index in [1.165, 1.54) is 109 Å². The minimum atomic E-state index is -0.648. The highest BCUT2D eigenvalue weighted by atomic mass is 16.7. The first-order valence-electron chi connectivity index (χ1n) is 25.4. The first-order valence-corrected chi connectivity index (χ1v) is 25.4. The van der Waals surface area contributed by atoms with Crippen molar-refractivity contribution >= 4 is 18.1 Å². The molecule has 2 unspecified atom stereocenters. The summed E-state index contributed by atoms with van der Waals surface area (Å²) < 4.78 is 22.9. The van der Waals surface area contributed by atoms with E-state index in [-0.39, 0.29) is 24.6 Å². The van der Waals surface area contributed by atoms with Crippen LogP contribution in [0.15, 0.2) is 0 Å². The summed E-state index contributed by atoms with van der Waals surface area (Å²) in [5, 5.41) is 0. The van der Waals surface area contributed by atoms with Crippen molar-refractivity contribution in [2.75, 3.05) is 59.1 Å². The zero-order valence-corrected chi connectivity index (χ0v) is 40.0. The average Bonchev–Trinajstić information content (AvgIpc) is 3.23. The fraction of sp³-hybridized carbons (Fsp3) is 0.940. The van der Waals surface area contributed by atoms with Crippen LogP contribution in [0.2, 0.25) is 0 Å². The molecule has 0 spiro atoms. The van der Waals surface area contributed by atoms with E-state index < -0.39 is 6.16 Å². The van der Waals surface area contributed by atoms with Gasteiger partial charge in [-0.3, -0.25) is 14.5 Å². The molecule has 9 heteroatoms. The number of nitrogens with zero attached hydrogens (tertiary/aromatic N) is 2. The summed E-state index contributed by atoms with van der Waals surface area (Å²) in [4.78, 5) is 42.8. The van der Waals surface area contributed by atoms with Gasteiger partial charge in [0.2, 0.25) is 0 Å². The predicted molar refractivity (Wildman–Crippen MR) is 247 cm³/mol. The fourth-order valence-corrected chi connectivity index (χ4v) is 7.73. The van der Waals surface area contributed by atoms with E-state index in [1.807, 2.05) is 0 Å². The smallest absolute Gasteiger partial charge is 0.465 e. The van der Waals surface area contributed by atoms with Gasteiger partial charge in [-0.15, -0.1) is 0 Å². The first kappa shape index (κ1) is 57.1. The third-order valence-corrected chi connectivity index (χ3v) is 11.9. The van der Waals surface area contributed by atoms with E-state index in [0.29, 0.717) is 57.9 Å². The van der Waals surface area contributed by atoms with Crippen molar-refractivity contribution in [3.05, 3.63) is 0 Å². The SMILES string of the molecule is CCCCCCCCCCCC(=O)OCCN(CCOC(=O)OC(CCCCCC)CCCC(=O)OCC(CCCCCC)CCCCCCCC)CCN(CC)CC. The highest BCUT2D eigenvalue weighted by molar-refractivity contribution is 5.69. The molecule has 0 heterocycles. The summed E-state index contributed by atoms with van der Waals surface area (Å²) in [5.41, 5.74) is 0. The first-order chi connectivity index (χ1) is 28.8. The highest BCUT2D eigenvalue weighted by Gasteiger charge is 2.19. The van der Waals surface area contributed by atoms with Gasteiger partial charge in [0.15, 0.2) is 0 Å². The molecule has 0 aromatic carbocycles. The van der Waals surface area contributed by atoms with Crippen molar-refractivity contribution in [1.29, 1.82) is 0 Å². The molecule has 2 atom stereocenters. The molecule has 0 N–H and O–H groups in total. The van der Waals surface area contributed by atoms with Crippen LogP contribution in [0.1, 0.15) is 234 Å². The zero-order valence-electron chi connectivity index (χ0n) is 40.0. The second kappa shape index (κ2) is 44.2. The molecular formula is C50H98N2O7. The third-order valence-electron chi connectivity index (χ3n) is 11.9. The molecule has 0 aliphatic rings. The maximum Gasteiger partial charge on any atom is 0.508 e. The number of hydrogen-bond donors (Lipinski definition) is 0. The summed E-state index contributed by atoms with van der Waals surface area (Å²) in [6.45, 7) is 19.1. The maximum absolute atomic E-state index is 12.9.